The quantitative estimate of drug-likeness (QED) is 0.386. The van der Waals surface area contributed by atoms with Crippen molar-refractivity contribution in [2.75, 3.05) is 5.73 Å². The molecule has 0 saturated carbocycles. The zero-order valence-corrected chi connectivity index (χ0v) is 10.6. The van der Waals surface area contributed by atoms with Gasteiger partial charge in [0, 0.05) is 11.8 Å². The third-order valence-electron chi connectivity index (χ3n) is 2.74. The molecule has 0 saturated heterocycles. The topological polar surface area (TPSA) is 87.1 Å². The molecule has 4 heteroatoms. The van der Waals surface area contributed by atoms with E-state index >= 15 is 0 Å². The summed E-state index contributed by atoms with van der Waals surface area (Å²) in [6, 6.07) is 15.1. The van der Waals surface area contributed by atoms with E-state index in [0.717, 1.165) is 5.56 Å². The minimum atomic E-state index is -0.533. The fourth-order valence-electron chi connectivity index (χ4n) is 1.75. The summed E-state index contributed by atoms with van der Waals surface area (Å²) in [5.74, 6) is -0.766. The maximum atomic E-state index is 12.2. The standard InChI is InChI=1S/C16H12N2O2/c17-10-12(8-11-4-2-1-3-5-11)16(20)14-7-6-13(18)9-15(14)19/h1-9,19H,18H2. The van der Waals surface area contributed by atoms with E-state index in [1.165, 1.54) is 24.3 Å². The van der Waals surface area contributed by atoms with Gasteiger partial charge in [0.15, 0.2) is 0 Å². The Bertz CT molecular complexity index is 713. The number of benzene rings is 2. The Morgan fingerprint density at radius 3 is 2.50 bits per heavy atom. The third kappa shape index (κ3) is 2.85. The molecular formula is C16H12N2O2. The van der Waals surface area contributed by atoms with Gasteiger partial charge in [-0.2, -0.15) is 5.26 Å². The second-order valence-corrected chi connectivity index (χ2v) is 4.19. The molecule has 0 unspecified atom stereocenters. The summed E-state index contributed by atoms with van der Waals surface area (Å²) in [5.41, 5.74) is 6.62. The number of Topliss-reactive ketones (excluding diaryl/α,β-unsaturated/α-hetero) is 1. The summed E-state index contributed by atoms with van der Waals surface area (Å²) in [5, 5.41) is 18.9. The van der Waals surface area contributed by atoms with Crippen LogP contribution < -0.4 is 5.73 Å². The van der Waals surface area contributed by atoms with Gasteiger partial charge in [0.1, 0.15) is 17.4 Å². The molecule has 0 aliphatic carbocycles. The summed E-state index contributed by atoms with van der Waals surface area (Å²) in [6.07, 6.45) is 1.48. The van der Waals surface area contributed by atoms with Crippen molar-refractivity contribution in [3.8, 4) is 11.8 Å². The molecular weight excluding hydrogens is 252 g/mol. The number of aromatic hydroxyl groups is 1. The second kappa shape index (κ2) is 5.72. The molecule has 98 valence electrons. The first-order chi connectivity index (χ1) is 9.61. The number of anilines is 1. The molecule has 4 nitrogen and oxygen atoms in total. The van der Waals surface area contributed by atoms with Crippen LogP contribution in [0, 0.1) is 11.3 Å². The van der Waals surface area contributed by atoms with Crippen molar-refractivity contribution < 1.29 is 9.90 Å². The highest BCUT2D eigenvalue weighted by atomic mass is 16.3. The van der Waals surface area contributed by atoms with E-state index in [2.05, 4.69) is 0 Å². The maximum absolute atomic E-state index is 12.2. The van der Waals surface area contributed by atoms with Crippen molar-refractivity contribution in [1.82, 2.24) is 0 Å². The Labute approximate surface area is 116 Å². The fourth-order valence-corrected chi connectivity index (χ4v) is 1.75. The molecule has 0 spiro atoms. The highest BCUT2D eigenvalue weighted by Gasteiger charge is 2.16. The third-order valence-corrected chi connectivity index (χ3v) is 2.74. The van der Waals surface area contributed by atoms with Crippen molar-refractivity contribution in [3.05, 3.63) is 65.2 Å². The molecule has 0 aliphatic rings. The van der Waals surface area contributed by atoms with Crippen LogP contribution in [-0.2, 0) is 0 Å². The Balaban J connectivity index is 2.40. The lowest BCUT2D eigenvalue weighted by Gasteiger charge is -2.04. The Morgan fingerprint density at radius 1 is 1.20 bits per heavy atom. The Hall–Kier alpha value is -3.06. The monoisotopic (exact) mass is 264 g/mol. The van der Waals surface area contributed by atoms with Crippen molar-refractivity contribution >= 4 is 17.5 Å². The van der Waals surface area contributed by atoms with Crippen LogP contribution in [0.2, 0.25) is 0 Å². The number of rotatable bonds is 3. The lowest BCUT2D eigenvalue weighted by atomic mass is 10.0. The van der Waals surface area contributed by atoms with E-state index in [0.29, 0.717) is 5.69 Å². The molecule has 0 atom stereocenters. The molecule has 2 aromatic rings. The lowest BCUT2D eigenvalue weighted by molar-refractivity contribution is 0.103. The van der Waals surface area contributed by atoms with Crippen molar-refractivity contribution in [1.29, 1.82) is 5.26 Å². The van der Waals surface area contributed by atoms with Crippen molar-refractivity contribution in [3.63, 3.8) is 0 Å². The van der Waals surface area contributed by atoms with Gasteiger partial charge >= 0.3 is 0 Å². The number of allylic oxidation sites excluding steroid dienone is 1. The average Bonchev–Trinajstić information content (AvgIpc) is 2.45. The normalized spacial score (nSPS) is 10.8. The molecule has 2 rings (SSSR count). The summed E-state index contributed by atoms with van der Waals surface area (Å²) in [6.45, 7) is 0. The van der Waals surface area contributed by atoms with Gasteiger partial charge < -0.3 is 10.8 Å². The van der Waals surface area contributed by atoms with Gasteiger partial charge in [-0.25, -0.2) is 0 Å². The predicted molar refractivity (Wildman–Crippen MR) is 76.9 cm³/mol. The number of nitrogens with zero attached hydrogens (tertiary/aromatic N) is 1. The fraction of sp³-hybridized carbons (Fsp3) is 0. The number of phenolic OH excluding ortho intramolecular Hbond substituents is 1. The van der Waals surface area contributed by atoms with Gasteiger partial charge in [0.05, 0.1) is 5.56 Å². The Kier molecular flexibility index (Phi) is 3.82. The van der Waals surface area contributed by atoms with Gasteiger partial charge in [0.2, 0.25) is 5.78 Å². The molecule has 0 bridgehead atoms. The number of nitriles is 1. The molecule has 0 aromatic heterocycles. The van der Waals surface area contributed by atoms with Crippen LogP contribution in [-0.4, -0.2) is 10.9 Å². The smallest absolute Gasteiger partial charge is 0.207 e. The van der Waals surface area contributed by atoms with Gasteiger partial charge in [-0.05, 0) is 23.8 Å². The number of hydrogen-bond acceptors (Lipinski definition) is 4. The van der Waals surface area contributed by atoms with Crippen LogP contribution in [0.3, 0.4) is 0 Å². The van der Waals surface area contributed by atoms with Gasteiger partial charge in [0.25, 0.3) is 0 Å². The highest BCUT2D eigenvalue weighted by molar-refractivity contribution is 6.15. The van der Waals surface area contributed by atoms with E-state index in [9.17, 15) is 9.90 Å². The van der Waals surface area contributed by atoms with E-state index in [4.69, 9.17) is 11.0 Å². The molecule has 0 heterocycles. The van der Waals surface area contributed by atoms with Crippen LogP contribution >= 0.6 is 0 Å². The molecule has 20 heavy (non-hydrogen) atoms. The van der Waals surface area contributed by atoms with E-state index < -0.39 is 5.78 Å². The first kappa shape index (κ1) is 13.4. The van der Waals surface area contributed by atoms with E-state index in [-0.39, 0.29) is 16.9 Å². The molecule has 3 N–H and O–H groups in total. The molecule has 0 amide bonds. The summed E-state index contributed by atoms with van der Waals surface area (Å²) in [4.78, 5) is 12.2. The highest BCUT2D eigenvalue weighted by Crippen LogP contribution is 2.23. The van der Waals surface area contributed by atoms with Crippen LogP contribution in [0.4, 0.5) is 5.69 Å². The summed E-state index contributed by atoms with van der Waals surface area (Å²) >= 11 is 0. The van der Waals surface area contributed by atoms with Gasteiger partial charge in [-0.15, -0.1) is 0 Å². The minimum absolute atomic E-state index is 0.0451. The SMILES string of the molecule is N#CC(=Cc1ccccc1)C(=O)c1ccc(N)cc1O. The number of phenols is 1. The number of hydrogen-bond donors (Lipinski definition) is 2. The van der Waals surface area contributed by atoms with Crippen LogP contribution in [0.25, 0.3) is 6.08 Å². The van der Waals surface area contributed by atoms with Crippen LogP contribution in [0.15, 0.2) is 54.1 Å². The van der Waals surface area contributed by atoms with Crippen molar-refractivity contribution in [2.45, 2.75) is 0 Å². The number of ketones is 1. The summed E-state index contributed by atoms with van der Waals surface area (Å²) < 4.78 is 0. The maximum Gasteiger partial charge on any atom is 0.207 e. The lowest BCUT2D eigenvalue weighted by Crippen LogP contribution is -2.03. The number of carbonyl (C=O) groups excluding carboxylic acids is 1. The molecule has 2 aromatic carbocycles. The van der Waals surface area contributed by atoms with Crippen LogP contribution in [0.5, 0.6) is 5.75 Å². The summed E-state index contributed by atoms with van der Waals surface area (Å²) in [7, 11) is 0. The predicted octanol–water partition coefficient (Wildman–Crippen LogP) is 2.76. The van der Waals surface area contributed by atoms with Gasteiger partial charge in [-0.1, -0.05) is 30.3 Å². The molecule has 0 radical (unpaired) electrons. The number of nitrogens with two attached hydrogens (primary N) is 1. The van der Waals surface area contributed by atoms with E-state index in [1.807, 2.05) is 24.3 Å². The number of nitrogen functional groups attached to an aromatic ring is 1. The molecule has 0 aliphatic heterocycles. The van der Waals surface area contributed by atoms with Crippen molar-refractivity contribution in [2.24, 2.45) is 0 Å². The number of carbonyl (C=O) groups is 1. The Morgan fingerprint density at radius 2 is 1.90 bits per heavy atom. The second-order valence-electron chi connectivity index (χ2n) is 4.19. The zero-order chi connectivity index (χ0) is 14.5. The first-order valence-corrected chi connectivity index (χ1v) is 5.92. The minimum Gasteiger partial charge on any atom is -0.507 e. The van der Waals surface area contributed by atoms with Gasteiger partial charge in [-0.3, -0.25) is 4.79 Å². The average molecular weight is 264 g/mol. The zero-order valence-electron chi connectivity index (χ0n) is 10.6. The first-order valence-electron chi connectivity index (χ1n) is 5.92. The van der Waals surface area contributed by atoms with Crippen LogP contribution in [0.1, 0.15) is 15.9 Å². The molecule has 0 fully saturated rings. The largest absolute Gasteiger partial charge is 0.507 e. The van der Waals surface area contributed by atoms with E-state index in [1.54, 1.807) is 12.1 Å².